The van der Waals surface area contributed by atoms with Crippen LogP contribution in [0.3, 0.4) is 0 Å². The molecule has 6 heterocycles. The number of thioether (sulfide) groups is 1. The van der Waals surface area contributed by atoms with Crippen molar-refractivity contribution in [3.8, 4) is 0 Å². The monoisotopic (exact) mass is 626 g/mol. The number of piperidine rings is 3. The molecule has 1 aromatic heterocycles. The lowest BCUT2D eigenvalue weighted by atomic mass is 9.70. The molecule has 1 aromatic rings. The van der Waals surface area contributed by atoms with Crippen molar-refractivity contribution in [3.05, 3.63) is 21.3 Å². The van der Waals surface area contributed by atoms with Gasteiger partial charge in [-0.25, -0.2) is 9.78 Å². The Morgan fingerprint density at radius 3 is 2.54 bits per heavy atom. The average molecular weight is 627 g/mol. The lowest BCUT2D eigenvalue weighted by Crippen LogP contribution is -2.71. The Bertz CT molecular complexity index is 1370. The van der Waals surface area contributed by atoms with Crippen LogP contribution in [0.4, 0.5) is 5.13 Å². The van der Waals surface area contributed by atoms with Crippen LogP contribution in [0.5, 0.6) is 0 Å². The largest absolute Gasteiger partial charge is 0.478 e. The predicted octanol–water partition coefficient (Wildman–Crippen LogP) is -0.0886. The first-order valence-corrected chi connectivity index (χ1v) is 15.1. The summed E-state index contributed by atoms with van der Waals surface area (Å²) in [6.07, 6.45) is 1.45. The van der Waals surface area contributed by atoms with Gasteiger partial charge in [0.15, 0.2) is 17.1 Å². The number of carbonyl (C=O) groups is 5. The molecule has 6 N–H and O–H groups in total. The third kappa shape index (κ3) is 5.17. The average Bonchev–Trinajstić information content (AvgIpc) is 3.29. The number of hydrogen-bond donors (Lipinski definition) is 4. The number of aliphatic carboxylic acids is 1. The number of allylic oxidation sites excluding steroid dienone is 1. The molecule has 4 saturated heterocycles. The fraction of sp³-hybridized carbons (Fsp3) is 0.542. The third-order valence-corrected chi connectivity index (χ3v) is 10.8. The molecule has 14 nitrogen and oxygen atoms in total. The molecule has 0 radical (unpaired) electrons. The number of primary amides is 1. The summed E-state index contributed by atoms with van der Waals surface area (Å²) in [6, 6.07) is -0.978. The number of amides is 3. The van der Waals surface area contributed by atoms with E-state index in [0.29, 0.717) is 43.5 Å². The van der Waals surface area contributed by atoms with Crippen LogP contribution in [0.2, 0.25) is 4.34 Å². The van der Waals surface area contributed by atoms with Crippen LogP contribution >= 0.6 is 34.7 Å². The molecule has 0 saturated carbocycles. The maximum Gasteiger partial charge on any atom is 0.347 e. The number of nitrogens with one attached hydrogen (secondary N) is 1. The summed E-state index contributed by atoms with van der Waals surface area (Å²) in [5.41, 5.74) is 11.6. The van der Waals surface area contributed by atoms with E-state index < -0.39 is 46.4 Å². The quantitative estimate of drug-likeness (QED) is 0.0892. The molecule has 0 aromatic carbocycles. The standard InChI is InChI=1S/C24H28ClN7O7S2/c1-11(21(36)37)39-30-15(14-17(25)41-23(27)29-14)18(34)28-16-19(35)31-13(9-33)12(10-40-20(16)31)8-32-5-2-24(3-6-32,4-7-32)22(26)38/h9,11,16,20H,2-8,10H2,1H3,(H5-,26,27,28,29,34,36,37,38)/p+1/b30-15-/t11-,16?,20?,24?,32?/m0/s1. The Kier molecular flexibility index (Phi) is 7.78. The zero-order valence-electron chi connectivity index (χ0n) is 22.0. The number of carboxylic acid groups (broad SMARTS) is 1. The second kappa shape index (κ2) is 10.9. The molecule has 0 spiro atoms. The number of oxime groups is 1. The maximum absolute atomic E-state index is 13.2. The van der Waals surface area contributed by atoms with Crippen molar-refractivity contribution in [2.45, 2.75) is 43.7 Å². The molecule has 0 aliphatic carbocycles. The summed E-state index contributed by atoms with van der Waals surface area (Å²) in [4.78, 5) is 72.2. The lowest BCUT2D eigenvalue weighted by Gasteiger charge is -2.55. The highest BCUT2D eigenvalue weighted by Gasteiger charge is 2.56. The van der Waals surface area contributed by atoms with E-state index in [9.17, 15) is 24.0 Å². The summed E-state index contributed by atoms with van der Waals surface area (Å²) in [6.45, 7) is 4.18. The number of fused-ring (bicyclic) bond motifs is 4. The highest BCUT2D eigenvalue weighted by atomic mass is 35.5. The molecule has 2 unspecified atom stereocenters. The summed E-state index contributed by atoms with van der Waals surface area (Å²) >= 11 is 8.48. The molecule has 41 heavy (non-hydrogen) atoms. The van der Waals surface area contributed by atoms with Crippen molar-refractivity contribution >= 4 is 75.5 Å². The van der Waals surface area contributed by atoms with Gasteiger partial charge in [0.05, 0.1) is 30.7 Å². The van der Waals surface area contributed by atoms with E-state index in [-0.39, 0.29) is 21.1 Å². The number of hydrogen-bond acceptors (Lipinski definition) is 11. The van der Waals surface area contributed by atoms with Gasteiger partial charge in [-0.2, -0.15) is 0 Å². The van der Waals surface area contributed by atoms with Crippen molar-refractivity contribution < 1.29 is 38.4 Å². The molecule has 2 bridgehead atoms. The van der Waals surface area contributed by atoms with Crippen molar-refractivity contribution in [1.82, 2.24) is 15.2 Å². The Balaban J connectivity index is 1.31. The Morgan fingerprint density at radius 2 is 2.00 bits per heavy atom. The highest BCUT2D eigenvalue weighted by Crippen LogP contribution is 2.46. The topological polar surface area (TPSA) is 207 Å². The van der Waals surface area contributed by atoms with Crippen LogP contribution in [0.25, 0.3) is 0 Å². The van der Waals surface area contributed by atoms with Gasteiger partial charge in [0, 0.05) is 30.6 Å². The van der Waals surface area contributed by atoms with Crippen LogP contribution < -0.4 is 16.8 Å². The third-order valence-electron chi connectivity index (χ3n) is 8.43. The van der Waals surface area contributed by atoms with Gasteiger partial charge in [-0.05, 0) is 6.92 Å². The molecule has 3 amide bonds. The molecular weight excluding hydrogens is 598 g/mol. The minimum absolute atomic E-state index is 0.0309. The van der Waals surface area contributed by atoms with Gasteiger partial charge >= 0.3 is 5.97 Å². The van der Waals surface area contributed by atoms with Gasteiger partial charge in [-0.1, -0.05) is 28.1 Å². The highest BCUT2D eigenvalue weighted by molar-refractivity contribution is 8.00. The summed E-state index contributed by atoms with van der Waals surface area (Å²) in [5, 5.41) is 14.9. The number of nitrogens with two attached hydrogens (primary N) is 2. The number of nitrogen functional groups attached to an aromatic ring is 1. The number of aromatic nitrogens is 1. The van der Waals surface area contributed by atoms with Crippen LogP contribution in [0.15, 0.2) is 16.4 Å². The number of quaternary nitrogens is 1. The molecule has 5 aliphatic rings. The van der Waals surface area contributed by atoms with Crippen LogP contribution in [-0.4, -0.2) is 105 Å². The number of carboxylic acids is 1. The van der Waals surface area contributed by atoms with Crippen LogP contribution in [-0.2, 0) is 28.8 Å². The van der Waals surface area contributed by atoms with Gasteiger partial charge < -0.3 is 31.2 Å². The van der Waals surface area contributed by atoms with E-state index in [4.69, 9.17) is 33.0 Å². The smallest absolute Gasteiger partial charge is 0.347 e. The van der Waals surface area contributed by atoms with E-state index in [0.717, 1.165) is 41.0 Å². The number of anilines is 1. The number of nitrogens with zero attached hydrogens (tertiary/aromatic N) is 4. The number of β-lactam (4-membered cyclic amide) rings is 1. The zero-order valence-corrected chi connectivity index (χ0v) is 24.4. The summed E-state index contributed by atoms with van der Waals surface area (Å²) in [7, 11) is 0. The van der Waals surface area contributed by atoms with E-state index >= 15 is 0 Å². The number of carbonyl (C=O) groups excluding carboxylic acids is 4. The maximum atomic E-state index is 13.2. The van der Waals surface area contributed by atoms with Gasteiger partial charge in [-0.15, -0.1) is 11.8 Å². The van der Waals surface area contributed by atoms with E-state index in [1.165, 1.54) is 23.6 Å². The predicted molar refractivity (Wildman–Crippen MR) is 150 cm³/mol. The van der Waals surface area contributed by atoms with Crippen molar-refractivity contribution in [3.63, 3.8) is 0 Å². The molecule has 6 rings (SSSR count). The Labute approximate surface area is 247 Å². The van der Waals surface area contributed by atoms with Gasteiger partial charge in [0.2, 0.25) is 12.0 Å². The SMILES string of the molecule is C[C@H](O/N=C(\C(=O)NC1C(=O)N2C(C=O)=C(C[N+]34CCC(C(N)=O)(CC3)CC4)CSC12)c1nc(N)sc1Cl)C(=O)O. The van der Waals surface area contributed by atoms with Gasteiger partial charge in [-0.3, -0.25) is 24.1 Å². The van der Waals surface area contributed by atoms with Gasteiger partial charge in [0.1, 0.15) is 28.0 Å². The van der Waals surface area contributed by atoms with E-state index in [1.807, 2.05) is 0 Å². The lowest BCUT2D eigenvalue weighted by molar-refractivity contribution is -0.940. The first-order valence-electron chi connectivity index (χ1n) is 12.9. The fourth-order valence-electron chi connectivity index (χ4n) is 5.84. The first kappa shape index (κ1) is 29.3. The molecule has 220 valence electrons. The molecule has 5 aliphatic heterocycles. The Hall–Kier alpha value is -3.21. The van der Waals surface area contributed by atoms with Gasteiger partial charge in [0.25, 0.3) is 11.8 Å². The van der Waals surface area contributed by atoms with Crippen molar-refractivity contribution in [2.24, 2.45) is 16.3 Å². The van der Waals surface area contributed by atoms with Crippen LogP contribution in [0.1, 0.15) is 31.9 Å². The number of thiazole rings is 1. The minimum atomic E-state index is -1.38. The minimum Gasteiger partial charge on any atom is -0.478 e. The summed E-state index contributed by atoms with van der Waals surface area (Å²) in [5.74, 6) is -2.40. The summed E-state index contributed by atoms with van der Waals surface area (Å²) < 4.78 is 0.782. The van der Waals surface area contributed by atoms with E-state index in [1.54, 1.807) is 0 Å². The first-order chi connectivity index (χ1) is 19.4. The normalized spacial score (nSPS) is 29.9. The number of aldehydes is 1. The van der Waals surface area contributed by atoms with Crippen molar-refractivity contribution in [2.75, 3.05) is 37.7 Å². The second-order valence-electron chi connectivity index (χ2n) is 10.7. The van der Waals surface area contributed by atoms with Crippen molar-refractivity contribution in [1.29, 1.82) is 0 Å². The molecule has 4 fully saturated rings. The van der Waals surface area contributed by atoms with E-state index in [2.05, 4.69) is 15.5 Å². The zero-order chi connectivity index (χ0) is 29.7. The molecule has 17 heteroatoms. The molecular formula is C24H29ClN7O7S2+. The molecule has 3 atom stereocenters. The van der Waals surface area contributed by atoms with Crippen LogP contribution in [0, 0.1) is 5.41 Å². The number of halogens is 1. The number of rotatable bonds is 10. The second-order valence-corrected chi connectivity index (χ2v) is 13.5. The Morgan fingerprint density at radius 1 is 1.34 bits per heavy atom. The fourth-order valence-corrected chi connectivity index (χ4v) is 8.12.